The van der Waals surface area contributed by atoms with Gasteiger partial charge in [-0.2, -0.15) is 0 Å². The predicted molar refractivity (Wildman–Crippen MR) is 46.8 cm³/mol. The minimum absolute atomic E-state index is 0. The summed E-state index contributed by atoms with van der Waals surface area (Å²) >= 11 is 0. The minimum Gasteiger partial charge on any atom is -0.447 e. The number of hydrogen-bond acceptors (Lipinski definition) is 3. The van der Waals surface area contributed by atoms with E-state index in [1.54, 1.807) is 12.5 Å². The number of nitrogens with one attached hydrogen (secondary N) is 1. The Balaban J connectivity index is 0.000000605. The normalized spacial score (nSPS) is 23.1. The zero-order valence-corrected chi connectivity index (χ0v) is 7.83. The maximum absolute atomic E-state index is 5.14. The molecular formula is C7H11BrN2O. The number of halogens is 1. The first-order valence-corrected chi connectivity index (χ1v) is 3.59. The van der Waals surface area contributed by atoms with Crippen LogP contribution in [0.2, 0.25) is 0 Å². The molecule has 4 heteroatoms. The second-order valence-electron chi connectivity index (χ2n) is 2.52. The molecule has 1 aromatic heterocycles. The third-order valence-corrected chi connectivity index (χ3v) is 1.81. The van der Waals surface area contributed by atoms with Gasteiger partial charge in [-0.25, -0.2) is 4.98 Å². The molecular weight excluding hydrogens is 208 g/mol. The minimum atomic E-state index is 0. The zero-order valence-electron chi connectivity index (χ0n) is 6.12. The van der Waals surface area contributed by atoms with Gasteiger partial charge in [0.25, 0.3) is 0 Å². The topological polar surface area (TPSA) is 38.1 Å². The van der Waals surface area contributed by atoms with E-state index in [1.807, 2.05) is 0 Å². The van der Waals surface area contributed by atoms with Crippen LogP contribution in [0.5, 0.6) is 0 Å². The average Bonchev–Trinajstić information content (AvgIpc) is 2.59. The van der Waals surface area contributed by atoms with Crippen molar-refractivity contribution in [3.63, 3.8) is 0 Å². The van der Waals surface area contributed by atoms with Gasteiger partial charge in [0.1, 0.15) is 6.26 Å². The lowest BCUT2D eigenvalue weighted by Gasteiger charge is -2.02. The van der Waals surface area contributed by atoms with Gasteiger partial charge < -0.3 is 9.73 Å². The third-order valence-electron chi connectivity index (χ3n) is 1.81. The molecule has 1 fully saturated rings. The van der Waals surface area contributed by atoms with Gasteiger partial charge >= 0.3 is 0 Å². The molecule has 1 saturated heterocycles. The molecule has 2 heterocycles. The van der Waals surface area contributed by atoms with Crippen LogP contribution in [0.3, 0.4) is 0 Å². The second-order valence-corrected chi connectivity index (χ2v) is 2.52. The van der Waals surface area contributed by atoms with Crippen LogP contribution in [0, 0.1) is 0 Å². The van der Waals surface area contributed by atoms with Crippen LogP contribution in [-0.2, 0) is 0 Å². The number of rotatable bonds is 1. The van der Waals surface area contributed by atoms with Crippen molar-refractivity contribution in [3.05, 3.63) is 18.4 Å². The molecule has 11 heavy (non-hydrogen) atoms. The van der Waals surface area contributed by atoms with Crippen molar-refractivity contribution < 1.29 is 4.42 Å². The molecule has 2 rings (SSSR count). The maximum atomic E-state index is 5.14. The quantitative estimate of drug-likeness (QED) is 0.780. The molecule has 0 saturated carbocycles. The number of nitrogens with zero attached hydrogens (tertiary/aromatic N) is 1. The van der Waals surface area contributed by atoms with E-state index >= 15 is 0 Å². The highest BCUT2D eigenvalue weighted by Gasteiger charge is 2.19. The molecule has 1 atom stereocenters. The van der Waals surface area contributed by atoms with Crippen molar-refractivity contribution in [2.45, 2.75) is 18.9 Å². The van der Waals surface area contributed by atoms with Gasteiger partial charge in [-0.1, -0.05) is 0 Å². The summed E-state index contributed by atoms with van der Waals surface area (Å²) in [5, 5.41) is 3.30. The molecule has 1 aliphatic heterocycles. The fourth-order valence-electron chi connectivity index (χ4n) is 1.30. The van der Waals surface area contributed by atoms with Gasteiger partial charge in [0.15, 0.2) is 0 Å². The average molecular weight is 219 g/mol. The summed E-state index contributed by atoms with van der Waals surface area (Å²) in [5.41, 5.74) is 0. The molecule has 0 radical (unpaired) electrons. The Morgan fingerprint density at radius 1 is 1.64 bits per heavy atom. The van der Waals surface area contributed by atoms with Crippen molar-refractivity contribution in [1.82, 2.24) is 10.3 Å². The van der Waals surface area contributed by atoms with Crippen molar-refractivity contribution in [1.29, 1.82) is 0 Å². The van der Waals surface area contributed by atoms with E-state index in [4.69, 9.17) is 4.42 Å². The van der Waals surface area contributed by atoms with Gasteiger partial charge in [-0.05, 0) is 19.4 Å². The second kappa shape index (κ2) is 3.88. The maximum Gasteiger partial charge on any atom is 0.211 e. The molecule has 0 aromatic carbocycles. The summed E-state index contributed by atoms with van der Waals surface area (Å²) in [7, 11) is 0. The van der Waals surface area contributed by atoms with Gasteiger partial charge in [0.05, 0.1) is 12.2 Å². The molecule has 1 aliphatic rings. The van der Waals surface area contributed by atoms with E-state index in [0.29, 0.717) is 6.04 Å². The van der Waals surface area contributed by atoms with Crippen LogP contribution in [0.25, 0.3) is 0 Å². The molecule has 0 spiro atoms. The molecule has 0 unspecified atom stereocenters. The van der Waals surface area contributed by atoms with E-state index in [0.717, 1.165) is 18.9 Å². The molecule has 1 N–H and O–H groups in total. The lowest BCUT2D eigenvalue weighted by Crippen LogP contribution is -2.12. The van der Waals surface area contributed by atoms with Crippen molar-refractivity contribution >= 4 is 17.0 Å². The van der Waals surface area contributed by atoms with E-state index in [-0.39, 0.29) is 17.0 Å². The van der Waals surface area contributed by atoms with Gasteiger partial charge in [0, 0.05) is 0 Å². The standard InChI is InChI=1S/C7H10N2O.BrH/c1-2-6(8-3-1)7-9-4-5-10-7;/h4-6,8H,1-3H2;1H/t6-;/m1./s1. The fraction of sp³-hybridized carbons (Fsp3) is 0.571. The third kappa shape index (κ3) is 1.81. The first-order chi connectivity index (χ1) is 4.97. The lowest BCUT2D eigenvalue weighted by molar-refractivity contribution is 0.429. The highest BCUT2D eigenvalue weighted by molar-refractivity contribution is 8.93. The van der Waals surface area contributed by atoms with E-state index in [1.165, 1.54) is 6.42 Å². The van der Waals surface area contributed by atoms with Crippen molar-refractivity contribution in [2.24, 2.45) is 0 Å². The highest BCUT2D eigenvalue weighted by Crippen LogP contribution is 2.20. The fourth-order valence-corrected chi connectivity index (χ4v) is 1.30. The molecule has 0 aliphatic carbocycles. The molecule has 0 amide bonds. The zero-order chi connectivity index (χ0) is 6.81. The first-order valence-electron chi connectivity index (χ1n) is 3.59. The van der Waals surface area contributed by atoms with Crippen molar-refractivity contribution in [3.8, 4) is 0 Å². The van der Waals surface area contributed by atoms with Crippen LogP contribution >= 0.6 is 17.0 Å². The van der Waals surface area contributed by atoms with Gasteiger partial charge in [-0.3, -0.25) is 0 Å². The summed E-state index contributed by atoms with van der Waals surface area (Å²) in [6.07, 6.45) is 5.69. The summed E-state index contributed by atoms with van der Waals surface area (Å²) < 4.78 is 5.14. The summed E-state index contributed by atoms with van der Waals surface area (Å²) in [6.45, 7) is 1.09. The smallest absolute Gasteiger partial charge is 0.211 e. The number of aromatic nitrogens is 1. The molecule has 62 valence electrons. The van der Waals surface area contributed by atoms with E-state index in [9.17, 15) is 0 Å². The van der Waals surface area contributed by atoms with Crippen LogP contribution in [0.1, 0.15) is 24.8 Å². The predicted octanol–water partition coefficient (Wildman–Crippen LogP) is 1.68. The largest absolute Gasteiger partial charge is 0.447 e. The van der Waals surface area contributed by atoms with Crippen LogP contribution in [-0.4, -0.2) is 11.5 Å². The lowest BCUT2D eigenvalue weighted by atomic mass is 10.2. The Labute approximate surface area is 76.0 Å². The monoisotopic (exact) mass is 218 g/mol. The Morgan fingerprint density at radius 2 is 2.55 bits per heavy atom. The van der Waals surface area contributed by atoms with E-state index < -0.39 is 0 Å². The summed E-state index contributed by atoms with van der Waals surface area (Å²) in [4.78, 5) is 4.07. The first kappa shape index (κ1) is 8.74. The summed E-state index contributed by atoms with van der Waals surface area (Å²) in [6, 6.07) is 0.370. The van der Waals surface area contributed by atoms with Gasteiger partial charge in [0.2, 0.25) is 5.89 Å². The molecule has 1 aromatic rings. The van der Waals surface area contributed by atoms with Crippen LogP contribution in [0.4, 0.5) is 0 Å². The van der Waals surface area contributed by atoms with E-state index in [2.05, 4.69) is 10.3 Å². The molecule has 0 bridgehead atoms. The Hall–Kier alpha value is -0.350. The number of hydrogen-bond donors (Lipinski definition) is 1. The Morgan fingerprint density at radius 3 is 3.09 bits per heavy atom. The summed E-state index contributed by atoms with van der Waals surface area (Å²) in [5.74, 6) is 0.831. The SMILES string of the molecule is Br.c1coc([C@H]2CCCN2)n1. The molecule has 3 nitrogen and oxygen atoms in total. The Bertz CT molecular complexity index is 194. The Kier molecular flexibility index (Phi) is 3.08. The van der Waals surface area contributed by atoms with Crippen LogP contribution in [0.15, 0.2) is 16.9 Å². The van der Waals surface area contributed by atoms with Crippen molar-refractivity contribution in [2.75, 3.05) is 6.54 Å². The number of oxazole rings is 1. The highest BCUT2D eigenvalue weighted by atomic mass is 79.9. The van der Waals surface area contributed by atoms with Crippen LogP contribution < -0.4 is 5.32 Å². The van der Waals surface area contributed by atoms with Gasteiger partial charge in [-0.15, -0.1) is 17.0 Å².